The number of hydrogen-bond donors (Lipinski definition) is 1. The summed E-state index contributed by atoms with van der Waals surface area (Å²) in [5.41, 5.74) is 0.870. The third-order valence-corrected chi connectivity index (χ3v) is 2.11. The van der Waals surface area contributed by atoms with Crippen LogP contribution < -0.4 is 4.74 Å². The number of esters is 1. The maximum absolute atomic E-state index is 11.1. The summed E-state index contributed by atoms with van der Waals surface area (Å²) in [5.74, 6) is 0.116. The van der Waals surface area contributed by atoms with Gasteiger partial charge in [-0.25, -0.2) is 4.79 Å². The van der Waals surface area contributed by atoms with Crippen molar-refractivity contribution in [2.24, 2.45) is 0 Å². The quantitative estimate of drug-likeness (QED) is 0.789. The molecule has 0 amide bonds. The molecule has 0 radical (unpaired) electrons. The number of methoxy groups -OCH3 is 1. The van der Waals surface area contributed by atoms with Gasteiger partial charge in [0.2, 0.25) is 0 Å². The van der Waals surface area contributed by atoms with Gasteiger partial charge in [0, 0.05) is 0 Å². The van der Waals surface area contributed by atoms with Crippen molar-refractivity contribution in [3.05, 3.63) is 35.9 Å². The smallest absolute Gasteiger partial charge is 0.339 e. The van der Waals surface area contributed by atoms with Gasteiger partial charge in [-0.2, -0.15) is 0 Å². The second kappa shape index (κ2) is 6.70. The lowest BCUT2D eigenvalue weighted by Crippen LogP contribution is -2.20. The molecule has 0 spiro atoms. The fourth-order valence-electron chi connectivity index (χ4n) is 1.22. The van der Waals surface area contributed by atoms with Gasteiger partial charge in [0.1, 0.15) is 5.75 Å². The monoisotopic (exact) mass is 236 g/mol. The average Bonchev–Trinajstić information content (AvgIpc) is 2.36. The Balaban J connectivity index is 2.60. The Morgan fingerprint density at radius 2 is 2.06 bits per heavy atom. The number of carbonyl (C=O) groups excluding carboxylic acids is 1. The highest BCUT2D eigenvalue weighted by atomic mass is 16.5. The lowest BCUT2D eigenvalue weighted by Gasteiger charge is -2.04. The van der Waals surface area contributed by atoms with E-state index in [2.05, 4.69) is 4.74 Å². The van der Waals surface area contributed by atoms with E-state index in [4.69, 9.17) is 4.74 Å². The summed E-state index contributed by atoms with van der Waals surface area (Å²) in [6.45, 7) is 1.95. The molecule has 0 unspecified atom stereocenters. The van der Waals surface area contributed by atoms with Gasteiger partial charge in [-0.3, -0.25) is 0 Å². The van der Waals surface area contributed by atoms with Crippen LogP contribution in [0.5, 0.6) is 5.75 Å². The third-order valence-electron chi connectivity index (χ3n) is 2.11. The zero-order chi connectivity index (χ0) is 12.7. The van der Waals surface area contributed by atoms with Gasteiger partial charge in [-0.05, 0) is 30.7 Å². The van der Waals surface area contributed by atoms with Crippen molar-refractivity contribution in [1.82, 2.24) is 0 Å². The van der Waals surface area contributed by atoms with Gasteiger partial charge >= 0.3 is 5.97 Å². The first kappa shape index (κ1) is 13.3. The van der Waals surface area contributed by atoms with Crippen LogP contribution in [0.2, 0.25) is 0 Å². The number of rotatable bonds is 5. The topological polar surface area (TPSA) is 55.8 Å². The number of carbonyl (C=O) groups is 1. The van der Waals surface area contributed by atoms with Crippen molar-refractivity contribution in [2.45, 2.75) is 13.0 Å². The summed E-state index contributed by atoms with van der Waals surface area (Å²) in [4.78, 5) is 11.1. The van der Waals surface area contributed by atoms with Crippen LogP contribution in [0, 0.1) is 0 Å². The van der Waals surface area contributed by atoms with Gasteiger partial charge in [-0.1, -0.05) is 18.2 Å². The summed E-state index contributed by atoms with van der Waals surface area (Å²) < 4.78 is 9.69. The molecule has 0 fully saturated rings. The van der Waals surface area contributed by atoms with E-state index >= 15 is 0 Å². The zero-order valence-corrected chi connectivity index (χ0v) is 9.92. The first-order chi connectivity index (χ1) is 8.17. The molecule has 1 atom stereocenters. The zero-order valence-electron chi connectivity index (χ0n) is 9.92. The predicted molar refractivity (Wildman–Crippen MR) is 64.7 cm³/mol. The van der Waals surface area contributed by atoms with Crippen LogP contribution in [0.1, 0.15) is 12.5 Å². The molecule has 0 aromatic heterocycles. The molecule has 1 aromatic carbocycles. The Kier molecular flexibility index (Phi) is 5.23. The minimum atomic E-state index is -1.22. The van der Waals surface area contributed by atoms with E-state index in [9.17, 15) is 9.90 Å². The Labute approximate surface area is 100 Å². The number of hydrogen-bond acceptors (Lipinski definition) is 4. The second-order valence-electron chi connectivity index (χ2n) is 3.33. The maximum Gasteiger partial charge on any atom is 0.339 e. The highest BCUT2D eigenvalue weighted by Gasteiger charge is 2.11. The minimum absolute atomic E-state index is 0.256. The first-order valence-electron chi connectivity index (χ1n) is 5.34. The summed E-state index contributed by atoms with van der Waals surface area (Å²) >= 11 is 0. The number of aliphatic hydroxyl groups is 1. The van der Waals surface area contributed by atoms with Crippen molar-refractivity contribution in [2.75, 3.05) is 13.7 Å². The summed E-state index contributed by atoms with van der Waals surface area (Å²) in [6.07, 6.45) is 1.82. The molecule has 1 rings (SSSR count). The second-order valence-corrected chi connectivity index (χ2v) is 3.33. The first-order valence-corrected chi connectivity index (χ1v) is 5.34. The van der Waals surface area contributed by atoms with Gasteiger partial charge < -0.3 is 14.6 Å². The molecule has 0 aliphatic carbocycles. The normalized spacial score (nSPS) is 12.4. The van der Waals surface area contributed by atoms with Crippen LogP contribution in [0.3, 0.4) is 0 Å². The maximum atomic E-state index is 11.1. The highest BCUT2D eigenvalue weighted by molar-refractivity contribution is 5.78. The third kappa shape index (κ3) is 4.28. The Morgan fingerprint density at radius 3 is 2.59 bits per heavy atom. The molecule has 4 nitrogen and oxygen atoms in total. The molecular weight excluding hydrogens is 220 g/mol. The van der Waals surface area contributed by atoms with E-state index in [0.29, 0.717) is 0 Å². The molecule has 0 aliphatic heterocycles. The average molecular weight is 236 g/mol. The Morgan fingerprint density at radius 1 is 1.41 bits per heavy atom. The van der Waals surface area contributed by atoms with E-state index in [-0.39, 0.29) is 6.61 Å². The minimum Gasteiger partial charge on any atom is -0.497 e. The molecule has 0 bridgehead atoms. The number of benzene rings is 1. The van der Waals surface area contributed by atoms with E-state index in [0.717, 1.165) is 11.3 Å². The van der Waals surface area contributed by atoms with E-state index in [1.54, 1.807) is 32.2 Å². The molecule has 4 heteroatoms. The molecule has 0 aliphatic rings. The van der Waals surface area contributed by atoms with Gasteiger partial charge in [0.25, 0.3) is 0 Å². The van der Waals surface area contributed by atoms with Crippen LogP contribution >= 0.6 is 0 Å². The van der Waals surface area contributed by atoms with Crippen LogP contribution in [0.25, 0.3) is 6.08 Å². The largest absolute Gasteiger partial charge is 0.497 e. The van der Waals surface area contributed by atoms with Gasteiger partial charge in [0.05, 0.1) is 13.7 Å². The van der Waals surface area contributed by atoms with Crippen LogP contribution in [-0.2, 0) is 9.53 Å². The Hall–Kier alpha value is -1.81. The predicted octanol–water partition coefficient (Wildman–Crippen LogP) is 1.63. The fraction of sp³-hybridized carbons (Fsp3) is 0.308. The molecular formula is C13H16O4. The van der Waals surface area contributed by atoms with Crippen molar-refractivity contribution in [1.29, 1.82) is 0 Å². The molecule has 17 heavy (non-hydrogen) atoms. The molecule has 92 valence electrons. The van der Waals surface area contributed by atoms with Crippen LogP contribution in [-0.4, -0.2) is 30.9 Å². The SMILES string of the molecule is CCOC(=O)[C@H](O)/C=C/c1ccc(OC)cc1. The summed E-state index contributed by atoms with van der Waals surface area (Å²) in [5, 5.41) is 9.42. The molecule has 0 heterocycles. The standard InChI is InChI=1S/C13H16O4/c1-3-17-13(15)12(14)9-6-10-4-7-11(16-2)8-5-10/h4-9,12,14H,3H2,1-2H3/b9-6+/t12-/m1/s1. The molecule has 1 aromatic rings. The van der Waals surface area contributed by atoms with Crippen molar-refractivity contribution in [3.63, 3.8) is 0 Å². The summed E-state index contributed by atoms with van der Waals surface area (Å²) in [7, 11) is 1.59. The molecule has 1 N–H and O–H groups in total. The summed E-state index contributed by atoms with van der Waals surface area (Å²) in [6, 6.07) is 7.26. The van der Waals surface area contributed by atoms with E-state index < -0.39 is 12.1 Å². The highest BCUT2D eigenvalue weighted by Crippen LogP contribution is 2.12. The van der Waals surface area contributed by atoms with Crippen molar-refractivity contribution < 1.29 is 19.4 Å². The molecule has 0 saturated carbocycles. The number of aliphatic hydroxyl groups excluding tert-OH is 1. The Bertz CT molecular complexity index is 381. The fourth-order valence-corrected chi connectivity index (χ4v) is 1.22. The number of ether oxygens (including phenoxy) is 2. The van der Waals surface area contributed by atoms with Gasteiger partial charge in [0.15, 0.2) is 6.10 Å². The molecule has 0 saturated heterocycles. The van der Waals surface area contributed by atoms with Crippen molar-refractivity contribution in [3.8, 4) is 5.75 Å². The van der Waals surface area contributed by atoms with Crippen LogP contribution in [0.15, 0.2) is 30.3 Å². The van der Waals surface area contributed by atoms with Crippen LogP contribution in [0.4, 0.5) is 0 Å². The van der Waals surface area contributed by atoms with Gasteiger partial charge in [-0.15, -0.1) is 0 Å². The van der Waals surface area contributed by atoms with E-state index in [1.807, 2.05) is 12.1 Å². The van der Waals surface area contributed by atoms with Crippen molar-refractivity contribution >= 4 is 12.0 Å². The van der Waals surface area contributed by atoms with E-state index in [1.165, 1.54) is 6.08 Å². The lowest BCUT2D eigenvalue weighted by molar-refractivity contribution is -0.150. The lowest BCUT2D eigenvalue weighted by atomic mass is 10.2.